The third kappa shape index (κ3) is 4.93. The number of aliphatic carboxylic acids is 1. The monoisotopic (exact) mass is 372 g/mol. The number of aryl methyl sites for hydroxylation is 1. The van der Waals surface area contributed by atoms with Gasteiger partial charge < -0.3 is 32.1 Å². The molecule has 0 bridgehead atoms. The van der Waals surface area contributed by atoms with Gasteiger partial charge in [-0.3, -0.25) is 0 Å². The van der Waals surface area contributed by atoms with Gasteiger partial charge in [-0.1, -0.05) is 0 Å². The number of anilines is 1. The number of ether oxygens (including phenoxy) is 1. The fraction of sp³-hybridized carbons (Fsp3) is 0.533. The number of carbonyl (C=O) groups is 1. The molecule has 0 spiro atoms. The molecule has 0 amide bonds. The number of piperazine rings is 1. The number of rotatable bonds is 2. The molecule has 3 rings (SSSR count). The topological polar surface area (TPSA) is 53.0 Å². The normalized spacial score (nSPS) is 19.8. The third-order valence-electron chi connectivity index (χ3n) is 4.17. The van der Waals surface area contributed by atoms with Crippen LogP contribution in [-0.4, -0.2) is 55.3 Å². The summed E-state index contributed by atoms with van der Waals surface area (Å²) in [5, 5.41) is 9.14. The third-order valence-corrected chi connectivity index (χ3v) is 4.17. The SMILES string of the molecule is CN1CCN(c2cc(F)cc3c2OC(C(=O)O)CC3)CC1.Cl.[Cl-].[Li+]. The molecule has 0 aromatic heterocycles. The van der Waals surface area contributed by atoms with Crippen molar-refractivity contribution in [2.45, 2.75) is 18.9 Å². The van der Waals surface area contributed by atoms with E-state index in [1.54, 1.807) is 0 Å². The second-order valence-electron chi connectivity index (χ2n) is 5.69. The summed E-state index contributed by atoms with van der Waals surface area (Å²) in [4.78, 5) is 15.4. The molecule has 1 aromatic rings. The van der Waals surface area contributed by atoms with Gasteiger partial charge in [-0.2, -0.15) is 0 Å². The first-order valence-corrected chi connectivity index (χ1v) is 7.20. The van der Waals surface area contributed by atoms with Gasteiger partial charge in [0.1, 0.15) is 11.6 Å². The number of likely N-dealkylation sites (N-methyl/N-ethyl adjacent to an activating group) is 1. The molecule has 2 heterocycles. The van der Waals surface area contributed by atoms with Crippen LogP contribution in [0, 0.1) is 5.82 Å². The summed E-state index contributed by atoms with van der Waals surface area (Å²) in [6.45, 7) is 3.36. The van der Waals surface area contributed by atoms with Crippen molar-refractivity contribution in [3.63, 3.8) is 0 Å². The van der Waals surface area contributed by atoms with E-state index in [4.69, 9.17) is 9.84 Å². The first-order valence-electron chi connectivity index (χ1n) is 7.20. The summed E-state index contributed by atoms with van der Waals surface area (Å²) < 4.78 is 19.5. The smallest absolute Gasteiger partial charge is 1.00 e. The van der Waals surface area contributed by atoms with Crippen LogP contribution in [0.2, 0.25) is 0 Å². The Labute approximate surface area is 165 Å². The Kier molecular flexibility index (Phi) is 9.48. The van der Waals surface area contributed by atoms with Gasteiger partial charge >= 0.3 is 24.8 Å². The molecule has 1 fully saturated rings. The van der Waals surface area contributed by atoms with Crippen molar-refractivity contribution in [2.24, 2.45) is 0 Å². The van der Waals surface area contributed by atoms with Crippen LogP contribution in [0.15, 0.2) is 12.1 Å². The zero-order valence-electron chi connectivity index (χ0n) is 13.8. The van der Waals surface area contributed by atoms with Gasteiger partial charge in [0, 0.05) is 32.2 Å². The maximum atomic E-state index is 13.8. The maximum Gasteiger partial charge on any atom is 1.00 e. The Morgan fingerprint density at radius 1 is 1.29 bits per heavy atom. The van der Waals surface area contributed by atoms with Crippen LogP contribution in [0.1, 0.15) is 12.0 Å². The molecule has 0 saturated carbocycles. The largest absolute Gasteiger partial charge is 1.00 e. The molecule has 5 nitrogen and oxygen atoms in total. The van der Waals surface area contributed by atoms with E-state index in [1.807, 2.05) is 0 Å². The van der Waals surface area contributed by atoms with E-state index in [-0.39, 0.29) is 49.5 Å². The standard InChI is InChI=1S/C15H19FN2O3.2ClH.Li/c1-17-4-6-18(7-5-17)12-9-11(16)8-10-2-3-13(15(19)20)21-14(10)12;;;/h8-9,13H,2-7H2,1H3,(H,19,20);2*1H;/q;;;+1/p-1. The fourth-order valence-electron chi connectivity index (χ4n) is 2.90. The summed E-state index contributed by atoms with van der Waals surface area (Å²) in [5.74, 6) is -0.714. The van der Waals surface area contributed by atoms with E-state index >= 15 is 0 Å². The van der Waals surface area contributed by atoms with Crippen molar-refractivity contribution in [1.29, 1.82) is 0 Å². The zero-order chi connectivity index (χ0) is 15.0. The average Bonchev–Trinajstić information content (AvgIpc) is 2.46. The van der Waals surface area contributed by atoms with Crippen molar-refractivity contribution < 1.29 is 50.3 Å². The first kappa shape index (κ1) is 23.4. The summed E-state index contributed by atoms with van der Waals surface area (Å²) >= 11 is 0. The Balaban J connectivity index is 0.00000176. The van der Waals surface area contributed by atoms with Crippen molar-refractivity contribution in [3.8, 4) is 5.75 Å². The van der Waals surface area contributed by atoms with Gasteiger partial charge in [-0.15, -0.1) is 12.4 Å². The number of carboxylic acids is 1. The summed E-state index contributed by atoms with van der Waals surface area (Å²) in [6.07, 6.45) is 0.0767. The molecule has 1 N–H and O–H groups in total. The van der Waals surface area contributed by atoms with Crippen molar-refractivity contribution in [3.05, 3.63) is 23.5 Å². The molecule has 1 aromatic carbocycles. The zero-order valence-corrected chi connectivity index (χ0v) is 15.4. The van der Waals surface area contributed by atoms with Crippen molar-refractivity contribution in [2.75, 3.05) is 38.1 Å². The number of hydrogen-bond acceptors (Lipinski definition) is 4. The summed E-state index contributed by atoms with van der Waals surface area (Å²) in [6, 6.07) is 2.90. The van der Waals surface area contributed by atoms with Crippen LogP contribution in [-0.2, 0) is 11.2 Å². The minimum Gasteiger partial charge on any atom is -1.00 e. The molecule has 130 valence electrons. The number of carboxylic acid groups (broad SMARTS) is 1. The molecule has 24 heavy (non-hydrogen) atoms. The van der Waals surface area contributed by atoms with Crippen LogP contribution >= 0.6 is 12.4 Å². The first-order chi connectivity index (χ1) is 10.0. The second kappa shape index (κ2) is 9.74. The number of fused-ring (bicyclic) bond motifs is 1. The Morgan fingerprint density at radius 3 is 2.50 bits per heavy atom. The van der Waals surface area contributed by atoms with Gasteiger partial charge in [0.2, 0.25) is 0 Å². The average molecular weight is 373 g/mol. The van der Waals surface area contributed by atoms with Gasteiger partial charge in [0.15, 0.2) is 6.10 Å². The molecule has 1 saturated heterocycles. The molecule has 2 aliphatic rings. The van der Waals surface area contributed by atoms with E-state index in [2.05, 4.69) is 16.8 Å². The minimum absolute atomic E-state index is 0. The summed E-state index contributed by atoms with van der Waals surface area (Å²) in [5.41, 5.74) is 1.45. The van der Waals surface area contributed by atoms with Crippen LogP contribution < -0.4 is 40.9 Å². The van der Waals surface area contributed by atoms with E-state index in [1.165, 1.54) is 12.1 Å². The van der Waals surface area contributed by atoms with Crippen LogP contribution in [0.4, 0.5) is 10.1 Å². The predicted octanol–water partition coefficient (Wildman–Crippen LogP) is -4.21. The molecule has 1 atom stereocenters. The molecule has 2 aliphatic heterocycles. The number of nitrogens with zero attached hydrogens (tertiary/aromatic N) is 2. The van der Waals surface area contributed by atoms with Gasteiger partial charge in [0.25, 0.3) is 0 Å². The number of benzene rings is 1. The van der Waals surface area contributed by atoms with Crippen LogP contribution in [0.3, 0.4) is 0 Å². The minimum atomic E-state index is -0.964. The van der Waals surface area contributed by atoms with E-state index in [9.17, 15) is 9.18 Å². The Hall–Kier alpha value is -0.643. The molecular weight excluding hydrogens is 353 g/mol. The van der Waals surface area contributed by atoms with E-state index in [0.717, 1.165) is 31.7 Å². The molecule has 9 heteroatoms. The number of halogens is 3. The maximum absolute atomic E-state index is 13.8. The van der Waals surface area contributed by atoms with E-state index in [0.29, 0.717) is 24.3 Å². The van der Waals surface area contributed by atoms with Crippen molar-refractivity contribution >= 4 is 24.1 Å². The molecule has 0 aliphatic carbocycles. The molecular formula is C15H20Cl2FLiN2O3. The van der Waals surface area contributed by atoms with Gasteiger partial charge in [-0.25, -0.2) is 9.18 Å². The quantitative estimate of drug-likeness (QED) is 0.533. The fourth-order valence-corrected chi connectivity index (χ4v) is 2.90. The van der Waals surface area contributed by atoms with Gasteiger partial charge in [-0.05, 0) is 31.5 Å². The van der Waals surface area contributed by atoms with Crippen LogP contribution in [0.25, 0.3) is 0 Å². The van der Waals surface area contributed by atoms with E-state index < -0.39 is 12.1 Å². The van der Waals surface area contributed by atoms with Crippen LogP contribution in [0.5, 0.6) is 5.75 Å². The second-order valence-corrected chi connectivity index (χ2v) is 5.69. The Morgan fingerprint density at radius 2 is 1.92 bits per heavy atom. The predicted molar refractivity (Wildman–Crippen MR) is 83.7 cm³/mol. The summed E-state index contributed by atoms with van der Waals surface area (Å²) in [7, 11) is 2.05. The molecule has 0 radical (unpaired) electrons. The molecule has 1 unspecified atom stereocenters. The number of hydrogen-bond donors (Lipinski definition) is 1. The van der Waals surface area contributed by atoms with Gasteiger partial charge in [0.05, 0.1) is 5.69 Å². The Bertz CT molecular complexity index is 572. The van der Waals surface area contributed by atoms with Crippen molar-refractivity contribution in [1.82, 2.24) is 4.90 Å².